The summed E-state index contributed by atoms with van der Waals surface area (Å²) in [5, 5.41) is 18.1. The Labute approximate surface area is 139 Å². The lowest BCUT2D eigenvalue weighted by molar-refractivity contribution is 0.289. The molecule has 0 bridgehead atoms. The van der Waals surface area contributed by atoms with Crippen molar-refractivity contribution < 1.29 is 10.2 Å². The Bertz CT molecular complexity index is 526. The first kappa shape index (κ1) is 19.0. The van der Waals surface area contributed by atoms with Gasteiger partial charge in [0.15, 0.2) is 0 Å². The second kappa shape index (κ2) is 10.6. The largest absolute Gasteiger partial charge is 0.396 e. The van der Waals surface area contributed by atoms with E-state index in [1.165, 1.54) is 0 Å². The van der Waals surface area contributed by atoms with E-state index in [9.17, 15) is 0 Å². The van der Waals surface area contributed by atoms with Gasteiger partial charge in [-0.05, 0) is 38.0 Å². The standard InChI is InChI=1S/C16H22N2O2.C3H6/c1-2-14-13-17(9-5-11-19)15-7-3-4-8-16(15)18(14)10-6-12-20;1-3-2/h2-4,7-8,13,19-20H,1,5-6,9-12H2;3H,1H2,2H3. The summed E-state index contributed by atoms with van der Waals surface area (Å²) >= 11 is 0. The summed E-state index contributed by atoms with van der Waals surface area (Å²) in [6.45, 7) is 11.0. The zero-order valence-corrected chi connectivity index (χ0v) is 14.0. The smallest absolute Gasteiger partial charge is 0.0652 e. The number of allylic oxidation sites excluding steroid dienone is 2. The molecule has 0 amide bonds. The maximum atomic E-state index is 9.06. The van der Waals surface area contributed by atoms with Crippen LogP contribution in [-0.2, 0) is 0 Å². The SMILES string of the molecule is C=CC.C=CC1=CN(CCCO)c2ccccc2N1CCCO. The van der Waals surface area contributed by atoms with Crippen LogP contribution in [0.4, 0.5) is 11.4 Å². The normalized spacial score (nSPS) is 12.7. The van der Waals surface area contributed by atoms with Crippen molar-refractivity contribution in [2.75, 3.05) is 36.1 Å². The molecule has 1 heterocycles. The first-order valence-electron chi connectivity index (χ1n) is 7.99. The van der Waals surface area contributed by atoms with Gasteiger partial charge < -0.3 is 20.0 Å². The molecule has 0 atom stereocenters. The molecule has 0 saturated carbocycles. The highest BCUT2D eigenvalue weighted by molar-refractivity contribution is 5.78. The summed E-state index contributed by atoms with van der Waals surface area (Å²) in [5.41, 5.74) is 3.27. The highest BCUT2D eigenvalue weighted by Gasteiger charge is 2.21. The van der Waals surface area contributed by atoms with Crippen LogP contribution in [0.15, 0.2) is 61.5 Å². The number of fused-ring (bicyclic) bond motifs is 1. The van der Waals surface area contributed by atoms with E-state index in [2.05, 4.69) is 41.3 Å². The summed E-state index contributed by atoms with van der Waals surface area (Å²) in [5.74, 6) is 0. The number of benzene rings is 1. The van der Waals surface area contributed by atoms with Gasteiger partial charge in [0.1, 0.15) is 0 Å². The molecule has 23 heavy (non-hydrogen) atoms. The first-order chi connectivity index (χ1) is 11.2. The third kappa shape index (κ3) is 5.27. The second-order valence-corrected chi connectivity index (χ2v) is 5.15. The molecule has 4 heteroatoms. The van der Waals surface area contributed by atoms with Gasteiger partial charge in [-0.25, -0.2) is 0 Å². The first-order valence-corrected chi connectivity index (χ1v) is 7.99. The highest BCUT2D eigenvalue weighted by atomic mass is 16.3. The van der Waals surface area contributed by atoms with Gasteiger partial charge in [-0.3, -0.25) is 0 Å². The van der Waals surface area contributed by atoms with Gasteiger partial charge in [0.05, 0.1) is 17.1 Å². The fourth-order valence-electron chi connectivity index (χ4n) is 2.44. The molecule has 1 aliphatic rings. The third-order valence-electron chi connectivity index (χ3n) is 3.39. The number of hydrogen-bond donors (Lipinski definition) is 2. The van der Waals surface area contributed by atoms with Crippen LogP contribution < -0.4 is 9.80 Å². The number of nitrogens with zero attached hydrogens (tertiary/aromatic N) is 2. The summed E-state index contributed by atoms with van der Waals surface area (Å²) in [4.78, 5) is 4.33. The lowest BCUT2D eigenvalue weighted by Crippen LogP contribution is -2.33. The van der Waals surface area contributed by atoms with E-state index in [1.807, 2.05) is 25.1 Å². The monoisotopic (exact) mass is 316 g/mol. The van der Waals surface area contributed by atoms with Crippen LogP contribution in [0.1, 0.15) is 19.8 Å². The minimum atomic E-state index is 0.178. The molecule has 0 saturated heterocycles. The molecule has 126 valence electrons. The summed E-state index contributed by atoms with van der Waals surface area (Å²) in [6, 6.07) is 8.19. The average Bonchev–Trinajstić information content (AvgIpc) is 2.58. The number of para-hydroxylation sites is 2. The van der Waals surface area contributed by atoms with E-state index in [-0.39, 0.29) is 13.2 Å². The topological polar surface area (TPSA) is 46.9 Å². The fraction of sp³-hybridized carbons (Fsp3) is 0.368. The van der Waals surface area contributed by atoms with E-state index < -0.39 is 0 Å². The number of hydrogen-bond acceptors (Lipinski definition) is 4. The molecule has 0 aromatic heterocycles. The molecule has 0 radical (unpaired) electrons. The molecule has 2 rings (SSSR count). The molecular weight excluding hydrogens is 288 g/mol. The number of aliphatic hydroxyl groups is 2. The van der Waals surface area contributed by atoms with Gasteiger partial charge >= 0.3 is 0 Å². The molecule has 0 fully saturated rings. The maximum Gasteiger partial charge on any atom is 0.0652 e. The van der Waals surface area contributed by atoms with Gasteiger partial charge in [-0.1, -0.05) is 24.8 Å². The third-order valence-corrected chi connectivity index (χ3v) is 3.39. The quantitative estimate of drug-likeness (QED) is 0.758. The molecule has 0 aliphatic carbocycles. The van der Waals surface area contributed by atoms with E-state index in [0.717, 1.165) is 43.0 Å². The Morgan fingerprint density at radius 1 is 1.00 bits per heavy atom. The van der Waals surface area contributed by atoms with Gasteiger partial charge in [-0.2, -0.15) is 0 Å². The van der Waals surface area contributed by atoms with Crippen molar-refractivity contribution in [1.82, 2.24) is 0 Å². The minimum Gasteiger partial charge on any atom is -0.396 e. The molecule has 1 aromatic rings. The predicted molar refractivity (Wildman–Crippen MR) is 98.7 cm³/mol. The molecule has 0 spiro atoms. The van der Waals surface area contributed by atoms with Crippen molar-refractivity contribution in [2.24, 2.45) is 0 Å². The molecule has 1 aromatic carbocycles. The lowest BCUT2D eigenvalue weighted by atomic mass is 10.1. The van der Waals surface area contributed by atoms with Gasteiger partial charge in [0, 0.05) is 32.5 Å². The zero-order valence-electron chi connectivity index (χ0n) is 14.0. The van der Waals surface area contributed by atoms with E-state index in [4.69, 9.17) is 10.2 Å². The second-order valence-electron chi connectivity index (χ2n) is 5.15. The summed E-state index contributed by atoms with van der Waals surface area (Å²) in [7, 11) is 0. The Hall–Kier alpha value is -2.04. The predicted octanol–water partition coefficient (Wildman–Crippen LogP) is 3.30. The van der Waals surface area contributed by atoms with Crippen molar-refractivity contribution >= 4 is 11.4 Å². The van der Waals surface area contributed by atoms with Crippen LogP contribution in [0.2, 0.25) is 0 Å². The van der Waals surface area contributed by atoms with E-state index >= 15 is 0 Å². The van der Waals surface area contributed by atoms with Crippen LogP contribution in [-0.4, -0.2) is 36.5 Å². The van der Waals surface area contributed by atoms with Gasteiger partial charge in [-0.15, -0.1) is 6.58 Å². The van der Waals surface area contributed by atoms with Gasteiger partial charge in [0.2, 0.25) is 0 Å². The van der Waals surface area contributed by atoms with Crippen LogP contribution in [0.25, 0.3) is 0 Å². The number of aliphatic hydroxyl groups excluding tert-OH is 2. The van der Waals surface area contributed by atoms with Crippen molar-refractivity contribution in [3.63, 3.8) is 0 Å². The van der Waals surface area contributed by atoms with Crippen LogP contribution in [0.3, 0.4) is 0 Å². The van der Waals surface area contributed by atoms with E-state index in [1.54, 1.807) is 6.08 Å². The van der Waals surface area contributed by atoms with Crippen LogP contribution >= 0.6 is 0 Å². The summed E-state index contributed by atoms with van der Waals surface area (Å²) in [6.07, 6.45) is 7.09. The maximum absolute atomic E-state index is 9.06. The molecular formula is C19H28N2O2. The van der Waals surface area contributed by atoms with Crippen molar-refractivity contribution in [3.05, 3.63) is 61.5 Å². The van der Waals surface area contributed by atoms with E-state index in [0.29, 0.717) is 0 Å². The number of anilines is 2. The fourth-order valence-corrected chi connectivity index (χ4v) is 2.44. The van der Waals surface area contributed by atoms with Crippen molar-refractivity contribution in [2.45, 2.75) is 19.8 Å². The molecule has 0 unspecified atom stereocenters. The zero-order chi connectivity index (χ0) is 17.1. The van der Waals surface area contributed by atoms with Crippen LogP contribution in [0.5, 0.6) is 0 Å². The molecule has 4 nitrogen and oxygen atoms in total. The van der Waals surface area contributed by atoms with Crippen LogP contribution in [0, 0.1) is 0 Å². The Morgan fingerprint density at radius 3 is 2.13 bits per heavy atom. The lowest BCUT2D eigenvalue weighted by Gasteiger charge is -2.37. The van der Waals surface area contributed by atoms with Crippen molar-refractivity contribution in [3.8, 4) is 0 Å². The minimum absolute atomic E-state index is 0.178. The molecule has 1 aliphatic heterocycles. The Balaban J connectivity index is 0.000000816. The highest BCUT2D eigenvalue weighted by Crippen LogP contribution is 2.36. The Morgan fingerprint density at radius 2 is 1.57 bits per heavy atom. The van der Waals surface area contributed by atoms with Crippen molar-refractivity contribution in [1.29, 1.82) is 0 Å². The average molecular weight is 316 g/mol. The van der Waals surface area contributed by atoms with Gasteiger partial charge in [0.25, 0.3) is 0 Å². The summed E-state index contributed by atoms with van der Waals surface area (Å²) < 4.78 is 0. The Kier molecular flexibility index (Phi) is 8.80. The molecule has 2 N–H and O–H groups in total. The number of rotatable bonds is 7.